The van der Waals surface area contributed by atoms with E-state index in [1.807, 2.05) is 0 Å². The highest BCUT2D eigenvalue weighted by atomic mass is 15.3. The third kappa shape index (κ3) is 5.16. The maximum absolute atomic E-state index is 2.48. The van der Waals surface area contributed by atoms with Crippen LogP contribution in [0.25, 0.3) is 0 Å². The van der Waals surface area contributed by atoms with Gasteiger partial charge in [-0.3, -0.25) is 0 Å². The summed E-state index contributed by atoms with van der Waals surface area (Å²) in [4.78, 5) is 9.80. The highest BCUT2D eigenvalue weighted by Crippen LogP contribution is 2.58. The van der Waals surface area contributed by atoms with Crippen LogP contribution >= 0.6 is 0 Å². The van der Waals surface area contributed by atoms with Gasteiger partial charge in [0.2, 0.25) is 0 Å². The summed E-state index contributed by atoms with van der Waals surface area (Å²) < 4.78 is 0. The summed E-state index contributed by atoms with van der Waals surface area (Å²) in [7, 11) is 0. The Bertz CT molecular complexity index is 2820. The second kappa shape index (κ2) is 13.2. The molecule has 3 aliphatic heterocycles. The standard InChI is InChI=1S/C56H48N4/c1-37-35-41(59-48-25-13-9-21-44(48)56(5,6)45-22-10-14-26-49(45)59)36-38(2)54(37)60-52-29-17-15-27-50(52)58(51-28-16-18-30-53(51)60)40-33-31-39(32-34-40)57-46-23-11-7-19-42(46)55(3,4)43-20-8-12-24-47(43)57/h7-36H,1-6H3. The molecule has 11 rings (SSSR count). The molecule has 0 saturated heterocycles. The molecule has 0 unspecified atom stereocenters. The van der Waals surface area contributed by atoms with E-state index in [9.17, 15) is 0 Å². The van der Waals surface area contributed by atoms with Crippen LogP contribution in [0.1, 0.15) is 61.1 Å². The van der Waals surface area contributed by atoms with Crippen LogP contribution in [0, 0.1) is 13.8 Å². The number of hydrogen-bond acceptors (Lipinski definition) is 4. The van der Waals surface area contributed by atoms with E-state index in [-0.39, 0.29) is 10.8 Å². The highest BCUT2D eigenvalue weighted by Gasteiger charge is 2.39. The number of benzene rings is 8. The molecule has 0 fully saturated rings. The molecule has 4 nitrogen and oxygen atoms in total. The van der Waals surface area contributed by atoms with E-state index in [4.69, 9.17) is 0 Å². The average molecular weight is 777 g/mol. The predicted molar refractivity (Wildman–Crippen MR) is 252 cm³/mol. The van der Waals surface area contributed by atoms with Crippen molar-refractivity contribution in [2.24, 2.45) is 0 Å². The topological polar surface area (TPSA) is 13.0 Å². The minimum atomic E-state index is -0.108. The number of aryl methyl sites for hydroxylation is 2. The van der Waals surface area contributed by atoms with E-state index in [2.05, 4.69) is 243 Å². The van der Waals surface area contributed by atoms with Crippen molar-refractivity contribution in [1.29, 1.82) is 0 Å². The van der Waals surface area contributed by atoms with Gasteiger partial charge in [0.15, 0.2) is 0 Å². The molecule has 3 aliphatic rings. The molecule has 0 spiro atoms. The Labute approximate surface area is 354 Å². The Balaban J connectivity index is 1.01. The first-order valence-electron chi connectivity index (χ1n) is 21.1. The molecule has 0 amide bonds. The van der Waals surface area contributed by atoms with E-state index >= 15 is 0 Å². The lowest BCUT2D eigenvalue weighted by Gasteiger charge is -2.43. The summed E-state index contributed by atoms with van der Waals surface area (Å²) in [5.74, 6) is 0. The molecule has 0 atom stereocenters. The third-order valence-corrected chi connectivity index (χ3v) is 13.3. The minimum absolute atomic E-state index is 0.102. The molecule has 4 heteroatoms. The van der Waals surface area contributed by atoms with Crippen LogP contribution in [0.5, 0.6) is 0 Å². The molecule has 8 aromatic rings. The molecule has 0 aromatic heterocycles. The fourth-order valence-corrected chi connectivity index (χ4v) is 10.5. The average Bonchev–Trinajstić information content (AvgIpc) is 3.27. The largest absolute Gasteiger partial charge is 0.310 e. The minimum Gasteiger partial charge on any atom is -0.310 e. The number of nitrogens with zero attached hydrogens (tertiary/aromatic N) is 4. The molecule has 60 heavy (non-hydrogen) atoms. The zero-order valence-electron chi connectivity index (χ0n) is 35.1. The molecule has 292 valence electrons. The summed E-state index contributed by atoms with van der Waals surface area (Å²) in [6, 6.07) is 67.1. The number of hydrogen-bond donors (Lipinski definition) is 0. The molecule has 0 N–H and O–H groups in total. The SMILES string of the molecule is Cc1cc(N2c3ccccc3C(C)(C)c3ccccc32)cc(C)c1N1c2ccccc2N(c2ccc(N3c4ccccc4C(C)(C)c4ccccc43)cc2)c2ccccc21. The van der Waals surface area contributed by atoms with Gasteiger partial charge in [-0.05, 0) is 132 Å². The number of anilines is 12. The maximum Gasteiger partial charge on any atom is 0.0703 e. The lowest BCUT2D eigenvalue weighted by molar-refractivity contribution is 0.631. The van der Waals surface area contributed by atoms with Crippen LogP contribution in [-0.4, -0.2) is 0 Å². The van der Waals surface area contributed by atoms with Crippen molar-refractivity contribution < 1.29 is 0 Å². The van der Waals surface area contributed by atoms with Gasteiger partial charge in [0.25, 0.3) is 0 Å². The van der Waals surface area contributed by atoms with Gasteiger partial charge in [0.05, 0.1) is 51.2 Å². The van der Waals surface area contributed by atoms with E-state index in [1.165, 1.54) is 67.5 Å². The van der Waals surface area contributed by atoms with E-state index in [0.717, 1.165) is 34.1 Å². The van der Waals surface area contributed by atoms with Crippen LogP contribution in [0.15, 0.2) is 182 Å². The summed E-state index contributed by atoms with van der Waals surface area (Å²) in [6.07, 6.45) is 0. The van der Waals surface area contributed by atoms with Gasteiger partial charge in [0, 0.05) is 27.9 Å². The van der Waals surface area contributed by atoms with Gasteiger partial charge >= 0.3 is 0 Å². The van der Waals surface area contributed by atoms with Crippen LogP contribution in [-0.2, 0) is 10.8 Å². The first-order chi connectivity index (χ1) is 29.1. The first-order valence-corrected chi connectivity index (χ1v) is 21.1. The third-order valence-electron chi connectivity index (χ3n) is 13.3. The van der Waals surface area contributed by atoms with Crippen molar-refractivity contribution >= 4 is 68.2 Å². The molecular weight excluding hydrogens is 729 g/mol. The Hall–Kier alpha value is -7.04. The fourth-order valence-electron chi connectivity index (χ4n) is 10.5. The molecule has 0 saturated carbocycles. The zero-order valence-corrected chi connectivity index (χ0v) is 35.1. The summed E-state index contributed by atoms with van der Waals surface area (Å²) in [5.41, 5.74) is 21.7. The van der Waals surface area contributed by atoms with Crippen molar-refractivity contribution in [1.82, 2.24) is 0 Å². The molecule has 8 aromatic carbocycles. The molecule has 3 heterocycles. The van der Waals surface area contributed by atoms with E-state index in [0.29, 0.717) is 0 Å². The highest BCUT2D eigenvalue weighted by molar-refractivity contribution is 6.03. The molecule has 0 aliphatic carbocycles. The number of rotatable bonds is 4. The van der Waals surface area contributed by atoms with Crippen molar-refractivity contribution in [3.63, 3.8) is 0 Å². The van der Waals surface area contributed by atoms with Gasteiger partial charge in [-0.2, -0.15) is 0 Å². The van der Waals surface area contributed by atoms with Crippen molar-refractivity contribution in [3.8, 4) is 0 Å². The Morgan fingerprint density at radius 3 is 0.867 bits per heavy atom. The van der Waals surface area contributed by atoms with Gasteiger partial charge in [0.1, 0.15) is 0 Å². The summed E-state index contributed by atoms with van der Waals surface area (Å²) >= 11 is 0. The zero-order chi connectivity index (χ0) is 40.9. The maximum atomic E-state index is 2.48. The van der Waals surface area contributed by atoms with Gasteiger partial charge in [-0.1, -0.05) is 125 Å². The lowest BCUT2D eigenvalue weighted by Crippen LogP contribution is -2.30. The number of para-hydroxylation sites is 8. The van der Waals surface area contributed by atoms with Crippen LogP contribution < -0.4 is 19.6 Å². The summed E-state index contributed by atoms with van der Waals surface area (Å²) in [5, 5.41) is 0. The van der Waals surface area contributed by atoms with Gasteiger partial charge in [-0.25, -0.2) is 0 Å². The van der Waals surface area contributed by atoms with E-state index < -0.39 is 0 Å². The summed E-state index contributed by atoms with van der Waals surface area (Å²) in [6.45, 7) is 13.9. The lowest BCUT2D eigenvalue weighted by atomic mass is 9.73. The van der Waals surface area contributed by atoms with Crippen LogP contribution in [0.3, 0.4) is 0 Å². The molecule has 0 bridgehead atoms. The monoisotopic (exact) mass is 776 g/mol. The second-order valence-electron chi connectivity index (χ2n) is 17.6. The molecular formula is C56H48N4. The Kier molecular flexibility index (Phi) is 7.96. The van der Waals surface area contributed by atoms with Gasteiger partial charge < -0.3 is 19.6 Å². The molecule has 0 radical (unpaired) electrons. The smallest absolute Gasteiger partial charge is 0.0703 e. The quantitative estimate of drug-likeness (QED) is 0.176. The predicted octanol–water partition coefficient (Wildman–Crippen LogP) is 15.8. The second-order valence-corrected chi connectivity index (χ2v) is 17.6. The van der Waals surface area contributed by atoms with Crippen LogP contribution in [0.4, 0.5) is 68.2 Å². The van der Waals surface area contributed by atoms with Crippen LogP contribution in [0.2, 0.25) is 0 Å². The van der Waals surface area contributed by atoms with Crippen molar-refractivity contribution in [2.45, 2.75) is 52.4 Å². The van der Waals surface area contributed by atoms with Gasteiger partial charge in [-0.15, -0.1) is 0 Å². The Morgan fingerprint density at radius 2 is 0.533 bits per heavy atom. The Morgan fingerprint density at radius 1 is 0.283 bits per heavy atom. The van der Waals surface area contributed by atoms with Crippen molar-refractivity contribution in [2.75, 3.05) is 19.6 Å². The first kappa shape index (κ1) is 36.1. The fraction of sp³-hybridized carbons (Fsp3) is 0.143. The van der Waals surface area contributed by atoms with E-state index in [1.54, 1.807) is 0 Å². The van der Waals surface area contributed by atoms with Crippen molar-refractivity contribution in [3.05, 3.63) is 215 Å². The normalized spacial score (nSPS) is 15.3. The number of fused-ring (bicyclic) bond motifs is 6.